The summed E-state index contributed by atoms with van der Waals surface area (Å²) in [6.07, 6.45) is 1.70. The molecule has 1 aromatic carbocycles. The van der Waals surface area contributed by atoms with Gasteiger partial charge in [0.25, 0.3) is 0 Å². The normalized spacial score (nSPS) is 16.1. The SMILES string of the molecule is Cc1nn(-c2ccccc2)c2c1[C@@H](c1ccccn1)C(C#N)=C(N)O2. The number of fused-ring (bicyclic) bond motifs is 1. The zero-order chi connectivity index (χ0) is 17.4. The number of nitrogens with zero attached hydrogens (tertiary/aromatic N) is 4. The van der Waals surface area contributed by atoms with Crippen LogP contribution >= 0.6 is 0 Å². The molecule has 0 aliphatic carbocycles. The topological polar surface area (TPSA) is 89.8 Å². The van der Waals surface area contributed by atoms with E-state index in [9.17, 15) is 5.26 Å². The smallest absolute Gasteiger partial charge is 0.229 e. The van der Waals surface area contributed by atoms with Gasteiger partial charge in [0.1, 0.15) is 11.6 Å². The molecular formula is C19H15N5O. The van der Waals surface area contributed by atoms with Gasteiger partial charge in [0.2, 0.25) is 11.8 Å². The van der Waals surface area contributed by atoms with E-state index in [2.05, 4.69) is 16.2 Å². The molecule has 3 heterocycles. The van der Waals surface area contributed by atoms with Crippen molar-refractivity contribution in [1.82, 2.24) is 14.8 Å². The molecule has 0 unspecified atom stereocenters. The van der Waals surface area contributed by atoms with Gasteiger partial charge < -0.3 is 10.5 Å². The number of hydrogen-bond acceptors (Lipinski definition) is 5. The Balaban J connectivity index is 1.97. The fourth-order valence-corrected chi connectivity index (χ4v) is 3.10. The third kappa shape index (κ3) is 2.34. The van der Waals surface area contributed by atoms with Crippen molar-refractivity contribution in [3.8, 4) is 17.6 Å². The Kier molecular flexibility index (Phi) is 3.47. The maximum absolute atomic E-state index is 9.61. The van der Waals surface area contributed by atoms with Gasteiger partial charge >= 0.3 is 0 Å². The molecule has 6 heteroatoms. The van der Waals surface area contributed by atoms with Crippen molar-refractivity contribution < 1.29 is 4.74 Å². The maximum atomic E-state index is 9.61. The maximum Gasteiger partial charge on any atom is 0.229 e. The van der Waals surface area contributed by atoms with Gasteiger partial charge in [0.05, 0.1) is 28.6 Å². The third-order valence-electron chi connectivity index (χ3n) is 4.22. The number of para-hydroxylation sites is 1. The predicted octanol–water partition coefficient (Wildman–Crippen LogP) is 2.79. The molecule has 0 bridgehead atoms. The number of rotatable bonds is 2. The molecule has 0 spiro atoms. The molecule has 1 aliphatic heterocycles. The number of nitrogens with two attached hydrogens (primary N) is 1. The Bertz CT molecular complexity index is 1000. The van der Waals surface area contributed by atoms with Gasteiger partial charge in [0, 0.05) is 6.20 Å². The number of benzene rings is 1. The van der Waals surface area contributed by atoms with Gasteiger partial charge in [-0.05, 0) is 31.2 Å². The molecule has 1 aliphatic rings. The van der Waals surface area contributed by atoms with E-state index in [1.807, 2.05) is 55.5 Å². The molecule has 3 aromatic rings. The van der Waals surface area contributed by atoms with E-state index in [1.54, 1.807) is 10.9 Å². The number of ether oxygens (including phenoxy) is 1. The van der Waals surface area contributed by atoms with Crippen LogP contribution in [0.3, 0.4) is 0 Å². The van der Waals surface area contributed by atoms with Crippen LogP contribution in [0.1, 0.15) is 22.9 Å². The Morgan fingerprint density at radius 1 is 1.16 bits per heavy atom. The second kappa shape index (κ2) is 5.80. The fraction of sp³-hybridized carbons (Fsp3) is 0.105. The summed E-state index contributed by atoms with van der Waals surface area (Å²) in [6, 6.07) is 17.4. The molecule has 0 saturated heterocycles. The first-order valence-electron chi connectivity index (χ1n) is 7.84. The number of aromatic nitrogens is 3. The van der Waals surface area contributed by atoms with Gasteiger partial charge in [-0.2, -0.15) is 10.4 Å². The van der Waals surface area contributed by atoms with E-state index in [1.165, 1.54) is 0 Å². The van der Waals surface area contributed by atoms with Gasteiger partial charge in [-0.3, -0.25) is 4.98 Å². The molecule has 4 rings (SSSR count). The van der Waals surface area contributed by atoms with Crippen molar-refractivity contribution in [1.29, 1.82) is 5.26 Å². The highest BCUT2D eigenvalue weighted by Crippen LogP contribution is 2.43. The lowest BCUT2D eigenvalue weighted by molar-refractivity contribution is 0.366. The Hall–Kier alpha value is -3.59. The zero-order valence-corrected chi connectivity index (χ0v) is 13.5. The summed E-state index contributed by atoms with van der Waals surface area (Å²) >= 11 is 0. The number of nitriles is 1. The number of pyridine rings is 1. The van der Waals surface area contributed by atoms with Crippen molar-refractivity contribution >= 4 is 0 Å². The minimum Gasteiger partial charge on any atom is -0.422 e. The summed E-state index contributed by atoms with van der Waals surface area (Å²) in [6.45, 7) is 1.90. The lowest BCUT2D eigenvalue weighted by atomic mass is 9.87. The van der Waals surface area contributed by atoms with Crippen molar-refractivity contribution in [3.63, 3.8) is 0 Å². The monoisotopic (exact) mass is 329 g/mol. The second-order valence-corrected chi connectivity index (χ2v) is 5.73. The van der Waals surface area contributed by atoms with Gasteiger partial charge in [-0.25, -0.2) is 4.68 Å². The molecule has 122 valence electrons. The highest BCUT2D eigenvalue weighted by atomic mass is 16.5. The third-order valence-corrected chi connectivity index (χ3v) is 4.22. The van der Waals surface area contributed by atoms with Crippen LogP contribution in [0.15, 0.2) is 66.2 Å². The Morgan fingerprint density at radius 3 is 2.60 bits per heavy atom. The van der Waals surface area contributed by atoms with Gasteiger partial charge in [-0.15, -0.1) is 0 Å². The van der Waals surface area contributed by atoms with Crippen LogP contribution < -0.4 is 10.5 Å². The first-order chi connectivity index (χ1) is 12.2. The van der Waals surface area contributed by atoms with Crippen LogP contribution in [0.4, 0.5) is 0 Å². The lowest BCUT2D eigenvalue weighted by Crippen LogP contribution is -2.22. The van der Waals surface area contributed by atoms with Gasteiger partial charge in [0.15, 0.2) is 0 Å². The van der Waals surface area contributed by atoms with Crippen molar-refractivity contribution in [2.75, 3.05) is 0 Å². The molecule has 25 heavy (non-hydrogen) atoms. The summed E-state index contributed by atoms with van der Waals surface area (Å²) in [7, 11) is 0. The fourth-order valence-electron chi connectivity index (χ4n) is 3.10. The van der Waals surface area contributed by atoms with Crippen molar-refractivity contribution in [3.05, 3.63) is 83.1 Å². The van der Waals surface area contributed by atoms with E-state index >= 15 is 0 Å². The molecule has 0 amide bonds. The molecular weight excluding hydrogens is 314 g/mol. The molecule has 6 nitrogen and oxygen atoms in total. The summed E-state index contributed by atoms with van der Waals surface area (Å²) in [5.41, 5.74) is 9.59. The van der Waals surface area contributed by atoms with Crippen LogP contribution in [0.5, 0.6) is 5.88 Å². The molecule has 2 N–H and O–H groups in total. The highest BCUT2D eigenvalue weighted by molar-refractivity contribution is 5.55. The molecule has 2 aromatic heterocycles. The summed E-state index contributed by atoms with van der Waals surface area (Å²) in [4.78, 5) is 4.42. The van der Waals surface area contributed by atoms with E-state index < -0.39 is 5.92 Å². The predicted molar refractivity (Wildman–Crippen MR) is 91.8 cm³/mol. The van der Waals surface area contributed by atoms with Crippen LogP contribution in [-0.4, -0.2) is 14.8 Å². The quantitative estimate of drug-likeness (QED) is 0.781. The number of hydrogen-bond donors (Lipinski definition) is 1. The zero-order valence-electron chi connectivity index (χ0n) is 13.5. The second-order valence-electron chi connectivity index (χ2n) is 5.73. The van der Waals surface area contributed by atoms with Crippen molar-refractivity contribution in [2.24, 2.45) is 5.73 Å². The van der Waals surface area contributed by atoms with E-state index in [0.29, 0.717) is 11.5 Å². The average molecular weight is 329 g/mol. The Morgan fingerprint density at radius 2 is 1.92 bits per heavy atom. The lowest BCUT2D eigenvalue weighted by Gasteiger charge is -2.24. The summed E-state index contributed by atoms with van der Waals surface area (Å²) < 4.78 is 7.51. The largest absolute Gasteiger partial charge is 0.422 e. The van der Waals surface area contributed by atoms with Crippen LogP contribution in [0.2, 0.25) is 0 Å². The molecule has 0 radical (unpaired) electrons. The minimum absolute atomic E-state index is 0.0859. The average Bonchev–Trinajstić information content (AvgIpc) is 2.98. The molecule has 1 atom stereocenters. The summed E-state index contributed by atoms with van der Waals surface area (Å²) in [5.74, 6) is 0.214. The van der Waals surface area contributed by atoms with Crippen LogP contribution in [-0.2, 0) is 0 Å². The van der Waals surface area contributed by atoms with E-state index in [-0.39, 0.29) is 5.88 Å². The standard InChI is InChI=1S/C19H15N5O/c1-12-16-17(15-9-5-6-10-22-15)14(11-20)18(21)25-19(16)24(23-12)13-7-3-2-4-8-13/h2-10,17H,21H2,1H3/t17-/m1/s1. The molecule has 0 fully saturated rings. The van der Waals surface area contributed by atoms with E-state index in [0.717, 1.165) is 22.6 Å². The first kappa shape index (κ1) is 15.0. The van der Waals surface area contributed by atoms with Gasteiger partial charge in [-0.1, -0.05) is 24.3 Å². The van der Waals surface area contributed by atoms with Crippen LogP contribution in [0, 0.1) is 18.3 Å². The van der Waals surface area contributed by atoms with Crippen LogP contribution in [0.25, 0.3) is 5.69 Å². The summed E-state index contributed by atoms with van der Waals surface area (Å²) in [5, 5.41) is 14.2. The number of allylic oxidation sites excluding steroid dienone is 1. The Labute approximate surface area is 144 Å². The van der Waals surface area contributed by atoms with E-state index in [4.69, 9.17) is 10.5 Å². The number of aryl methyl sites for hydroxylation is 1. The molecule has 0 saturated carbocycles. The first-order valence-corrected chi connectivity index (χ1v) is 7.84. The minimum atomic E-state index is -0.396. The van der Waals surface area contributed by atoms with Crippen molar-refractivity contribution in [2.45, 2.75) is 12.8 Å². The highest BCUT2D eigenvalue weighted by Gasteiger charge is 2.36.